The van der Waals surface area contributed by atoms with Gasteiger partial charge < -0.3 is 18.9 Å². The Balaban J connectivity index is 4.22. The van der Waals surface area contributed by atoms with Crippen molar-refractivity contribution in [2.45, 2.75) is 258 Å². The molecule has 0 aliphatic heterocycles. The van der Waals surface area contributed by atoms with Gasteiger partial charge in [-0.1, -0.05) is 212 Å². The molecule has 0 saturated carbocycles. The molecule has 1 N–H and O–H groups in total. The number of ether oxygens (including phenoxy) is 2. The second kappa shape index (κ2) is 44.0. The molecule has 0 rings (SSSR count). The van der Waals surface area contributed by atoms with Gasteiger partial charge in [-0.25, -0.2) is 4.57 Å². The number of nitrogens with zero attached hydrogens (tertiary/aromatic N) is 1. The third-order valence-corrected chi connectivity index (χ3v) is 12.5. The maximum atomic E-state index is 12.8. The molecule has 2 atom stereocenters. The van der Waals surface area contributed by atoms with Crippen molar-refractivity contribution in [3.63, 3.8) is 0 Å². The quantitative estimate of drug-likeness (QED) is 0.0212. The number of likely N-dealkylation sites (N-methyl/N-ethyl adjacent to an activating group) is 1. The highest BCUT2D eigenvalue weighted by molar-refractivity contribution is 7.47. The van der Waals surface area contributed by atoms with Gasteiger partial charge in [-0.2, -0.15) is 0 Å². The van der Waals surface area contributed by atoms with E-state index >= 15 is 0 Å². The number of carbonyl (C=O) groups is 2. The molecule has 0 aromatic heterocycles. The van der Waals surface area contributed by atoms with Crippen LogP contribution < -0.4 is 0 Å². The lowest BCUT2D eigenvalue weighted by Gasteiger charge is -2.24. The smallest absolute Gasteiger partial charge is 0.462 e. The van der Waals surface area contributed by atoms with Gasteiger partial charge in [-0.15, -0.1) is 0 Å². The van der Waals surface area contributed by atoms with Crippen LogP contribution in [-0.4, -0.2) is 74.9 Å². The minimum absolute atomic E-state index is 0.0351. The monoisotopic (exact) mass is 887 g/mol. The summed E-state index contributed by atoms with van der Waals surface area (Å²) in [6, 6.07) is 0. The largest absolute Gasteiger partial charge is 0.472 e. The maximum Gasteiger partial charge on any atom is 0.472 e. The molecule has 0 saturated heterocycles. The van der Waals surface area contributed by atoms with Crippen LogP contribution in [0.4, 0.5) is 0 Å². The molecule has 0 aliphatic rings. The first-order chi connectivity index (χ1) is 29.5. The molecule has 0 heterocycles. The first-order valence-electron chi connectivity index (χ1n) is 25.9. The molecule has 362 valence electrons. The van der Waals surface area contributed by atoms with Crippen LogP contribution in [-0.2, 0) is 32.7 Å². The van der Waals surface area contributed by atoms with E-state index in [1.807, 2.05) is 21.1 Å². The first kappa shape index (κ1) is 59.8. The van der Waals surface area contributed by atoms with Crippen LogP contribution in [0.25, 0.3) is 0 Å². The fourth-order valence-electron chi connectivity index (χ4n) is 7.48. The Kier molecular flexibility index (Phi) is 43.1. The number of hydrogen-bond donors (Lipinski definition) is 1. The van der Waals surface area contributed by atoms with E-state index in [-0.39, 0.29) is 25.6 Å². The van der Waals surface area contributed by atoms with E-state index in [2.05, 4.69) is 26.0 Å². The molecular weight excluding hydrogens is 786 g/mol. The number of allylic oxidation sites excluding steroid dienone is 2. The highest BCUT2D eigenvalue weighted by Crippen LogP contribution is 2.43. The molecule has 1 unspecified atom stereocenters. The minimum atomic E-state index is -4.37. The van der Waals surface area contributed by atoms with E-state index < -0.39 is 26.5 Å². The number of hydrogen-bond acceptors (Lipinski definition) is 7. The van der Waals surface area contributed by atoms with Crippen LogP contribution >= 0.6 is 7.82 Å². The summed E-state index contributed by atoms with van der Waals surface area (Å²) in [6.45, 7) is 4.47. The zero-order chi connectivity index (χ0) is 45.0. The highest BCUT2D eigenvalue weighted by atomic mass is 31.2. The summed E-state index contributed by atoms with van der Waals surface area (Å²) >= 11 is 0. The summed E-state index contributed by atoms with van der Waals surface area (Å²) in [5.41, 5.74) is 0. The van der Waals surface area contributed by atoms with Gasteiger partial charge in [0.25, 0.3) is 0 Å². The lowest BCUT2D eigenvalue weighted by molar-refractivity contribution is -0.870. The maximum absolute atomic E-state index is 12.8. The number of rotatable bonds is 48. The fourth-order valence-corrected chi connectivity index (χ4v) is 8.22. The minimum Gasteiger partial charge on any atom is -0.462 e. The van der Waals surface area contributed by atoms with E-state index in [1.54, 1.807) is 0 Å². The predicted octanol–water partition coefficient (Wildman–Crippen LogP) is 15.3. The van der Waals surface area contributed by atoms with Crippen molar-refractivity contribution < 1.29 is 42.1 Å². The van der Waals surface area contributed by atoms with Crippen molar-refractivity contribution in [1.29, 1.82) is 0 Å². The van der Waals surface area contributed by atoms with E-state index in [1.165, 1.54) is 186 Å². The van der Waals surface area contributed by atoms with Crippen LogP contribution in [0.3, 0.4) is 0 Å². The highest BCUT2D eigenvalue weighted by Gasteiger charge is 2.27. The van der Waals surface area contributed by atoms with Crippen molar-refractivity contribution in [1.82, 2.24) is 0 Å². The number of phosphoric acid groups is 1. The van der Waals surface area contributed by atoms with Gasteiger partial charge in [0.15, 0.2) is 6.10 Å². The standard InChI is InChI=1S/C51H100NO8P/c1-6-8-10-12-14-16-18-20-22-24-26-28-29-31-33-35-37-39-41-43-50(53)57-47-49(48-59-61(55,56)58-46-45-52(3,4)5)60-51(54)44-42-40-38-36-34-32-30-27-25-23-21-19-17-15-13-11-9-7-2/h20,22,49H,6-19,21,23-48H2,1-5H3/p+1/b22-20+/t49-/m1/s1. The van der Waals surface area contributed by atoms with Gasteiger partial charge in [0.2, 0.25) is 0 Å². The Morgan fingerprint density at radius 2 is 0.836 bits per heavy atom. The molecule has 61 heavy (non-hydrogen) atoms. The van der Waals surface area contributed by atoms with Crippen molar-refractivity contribution in [2.75, 3.05) is 47.5 Å². The van der Waals surface area contributed by atoms with Gasteiger partial charge in [-0.05, 0) is 38.5 Å². The van der Waals surface area contributed by atoms with Crippen LogP contribution in [0.2, 0.25) is 0 Å². The summed E-state index contributed by atoms with van der Waals surface area (Å²) in [7, 11) is 1.49. The second-order valence-electron chi connectivity index (χ2n) is 18.9. The average Bonchev–Trinajstić information content (AvgIpc) is 3.21. The van der Waals surface area contributed by atoms with Gasteiger partial charge >= 0.3 is 19.8 Å². The molecule has 0 aromatic carbocycles. The number of carbonyl (C=O) groups excluding carboxylic acids is 2. The summed E-state index contributed by atoms with van der Waals surface area (Å²) in [6.07, 6.45) is 48.3. The zero-order valence-electron chi connectivity index (χ0n) is 40.9. The third-order valence-electron chi connectivity index (χ3n) is 11.5. The van der Waals surface area contributed by atoms with Crippen LogP contribution in [0.1, 0.15) is 251 Å². The number of phosphoric ester groups is 1. The average molecular weight is 887 g/mol. The van der Waals surface area contributed by atoms with Crippen molar-refractivity contribution >= 4 is 19.8 Å². The number of unbranched alkanes of at least 4 members (excludes halogenated alkanes) is 32. The number of esters is 2. The second-order valence-corrected chi connectivity index (χ2v) is 20.4. The third kappa shape index (κ3) is 48.1. The Labute approximate surface area is 377 Å². The molecule has 10 heteroatoms. The summed E-state index contributed by atoms with van der Waals surface area (Å²) < 4.78 is 34.5. The van der Waals surface area contributed by atoms with Gasteiger partial charge in [0, 0.05) is 12.8 Å². The molecule has 0 radical (unpaired) electrons. The molecule has 0 aliphatic carbocycles. The zero-order valence-corrected chi connectivity index (χ0v) is 41.8. The Morgan fingerprint density at radius 1 is 0.492 bits per heavy atom. The van der Waals surface area contributed by atoms with E-state index in [4.69, 9.17) is 18.5 Å². The summed E-state index contributed by atoms with van der Waals surface area (Å²) in [4.78, 5) is 35.5. The SMILES string of the molecule is CCCCCCCC/C=C/CCCCCCCCCCCC(=O)OC[C@H](COP(=O)(O)OCC[N+](C)(C)C)OC(=O)CCCCCCCCCCCCCCCCCCCC. The summed E-state index contributed by atoms with van der Waals surface area (Å²) in [5.74, 6) is -0.785. The van der Waals surface area contributed by atoms with Crippen LogP contribution in [0, 0.1) is 0 Å². The normalized spacial score (nSPS) is 13.5. The van der Waals surface area contributed by atoms with E-state index in [9.17, 15) is 19.0 Å². The van der Waals surface area contributed by atoms with Crippen LogP contribution in [0.15, 0.2) is 12.2 Å². The van der Waals surface area contributed by atoms with E-state index in [0.717, 1.165) is 32.1 Å². The summed E-state index contributed by atoms with van der Waals surface area (Å²) in [5, 5.41) is 0. The topological polar surface area (TPSA) is 108 Å². The van der Waals surface area contributed by atoms with Gasteiger partial charge in [0.05, 0.1) is 27.7 Å². The van der Waals surface area contributed by atoms with E-state index in [0.29, 0.717) is 23.9 Å². The molecule has 0 spiro atoms. The van der Waals surface area contributed by atoms with Crippen molar-refractivity contribution in [3.05, 3.63) is 12.2 Å². The molecular formula is C51H101NO8P+. The van der Waals surface area contributed by atoms with Gasteiger partial charge in [0.1, 0.15) is 19.8 Å². The Morgan fingerprint density at radius 3 is 1.21 bits per heavy atom. The molecule has 0 bridgehead atoms. The van der Waals surface area contributed by atoms with Crippen molar-refractivity contribution in [2.24, 2.45) is 0 Å². The van der Waals surface area contributed by atoms with Gasteiger partial charge in [-0.3, -0.25) is 18.6 Å². The Hall–Kier alpha value is -1.25. The lowest BCUT2D eigenvalue weighted by atomic mass is 10.0. The molecule has 9 nitrogen and oxygen atoms in total. The Bertz CT molecular complexity index is 1050. The fraction of sp³-hybridized carbons (Fsp3) is 0.922. The molecule has 0 fully saturated rings. The van der Waals surface area contributed by atoms with Crippen LogP contribution in [0.5, 0.6) is 0 Å². The molecule has 0 amide bonds. The first-order valence-corrected chi connectivity index (χ1v) is 27.4. The number of quaternary nitrogens is 1. The molecule has 0 aromatic rings. The van der Waals surface area contributed by atoms with Crippen molar-refractivity contribution in [3.8, 4) is 0 Å². The predicted molar refractivity (Wildman–Crippen MR) is 257 cm³/mol. The lowest BCUT2D eigenvalue weighted by Crippen LogP contribution is -2.37.